The fourth-order valence-corrected chi connectivity index (χ4v) is 3.86. The number of nitrogens with one attached hydrogen (secondary N) is 2. The number of pyridine rings is 1. The molecule has 6 nitrogen and oxygen atoms in total. The number of anilines is 1. The van der Waals surface area contributed by atoms with Crippen LogP contribution in [0.25, 0.3) is 21.8 Å². The topological polar surface area (TPSA) is 75.7 Å². The summed E-state index contributed by atoms with van der Waals surface area (Å²) in [6.07, 6.45) is 5.56. The van der Waals surface area contributed by atoms with Crippen molar-refractivity contribution in [2.45, 2.75) is 26.5 Å². The number of thiazole rings is 1. The summed E-state index contributed by atoms with van der Waals surface area (Å²) < 4.78 is 5.70. The Morgan fingerprint density at radius 1 is 1.14 bits per heavy atom. The number of halogens is 1. The van der Waals surface area contributed by atoms with Gasteiger partial charge < -0.3 is 10.1 Å². The van der Waals surface area contributed by atoms with Gasteiger partial charge in [0, 0.05) is 34.1 Å². The second kappa shape index (κ2) is 8.63. The normalized spacial score (nSPS) is 11.0. The maximum atomic E-state index is 6.18. The molecule has 3 heterocycles. The molecule has 148 valence electrons. The number of aromatic amines is 1. The van der Waals surface area contributed by atoms with Crippen molar-refractivity contribution in [3.8, 4) is 27.6 Å². The van der Waals surface area contributed by atoms with Gasteiger partial charge in [-0.15, -0.1) is 11.3 Å². The van der Waals surface area contributed by atoms with Crippen molar-refractivity contribution in [3.63, 3.8) is 0 Å². The first-order valence-electron chi connectivity index (χ1n) is 9.19. The largest absolute Gasteiger partial charge is 0.491 e. The summed E-state index contributed by atoms with van der Waals surface area (Å²) in [5.41, 5.74) is 3.63. The second-order valence-electron chi connectivity index (χ2n) is 6.73. The summed E-state index contributed by atoms with van der Waals surface area (Å²) in [6, 6.07) is 11.8. The van der Waals surface area contributed by atoms with Crippen molar-refractivity contribution in [2.75, 3.05) is 5.32 Å². The summed E-state index contributed by atoms with van der Waals surface area (Å²) in [5.74, 6) is 0.866. The fraction of sp³-hybridized carbons (Fsp3) is 0.190. The van der Waals surface area contributed by atoms with Crippen LogP contribution in [0.15, 0.2) is 55.0 Å². The number of aromatic nitrogens is 4. The Morgan fingerprint density at radius 2 is 1.97 bits per heavy atom. The highest BCUT2D eigenvalue weighted by Crippen LogP contribution is 2.28. The Morgan fingerprint density at radius 3 is 2.69 bits per heavy atom. The maximum absolute atomic E-state index is 6.18. The van der Waals surface area contributed by atoms with Crippen molar-refractivity contribution in [2.24, 2.45) is 0 Å². The molecule has 0 saturated heterocycles. The van der Waals surface area contributed by atoms with Gasteiger partial charge in [0.15, 0.2) is 0 Å². The quantitative estimate of drug-likeness (QED) is 0.374. The van der Waals surface area contributed by atoms with Crippen molar-refractivity contribution in [1.29, 1.82) is 0 Å². The van der Waals surface area contributed by atoms with Gasteiger partial charge in [-0.1, -0.05) is 11.6 Å². The number of benzene rings is 1. The van der Waals surface area contributed by atoms with E-state index in [4.69, 9.17) is 16.3 Å². The third-order valence-electron chi connectivity index (χ3n) is 4.08. The minimum atomic E-state index is 0.161. The van der Waals surface area contributed by atoms with E-state index >= 15 is 0 Å². The Kier molecular flexibility index (Phi) is 5.78. The lowest BCUT2D eigenvalue weighted by molar-refractivity contribution is 0.242. The molecule has 0 radical (unpaired) electrons. The highest BCUT2D eigenvalue weighted by Gasteiger charge is 2.08. The SMILES string of the molecule is CC(C)Oc1ccc(-c2ncc(CNc3cc(Cl)nc(-c4cn[nH]c4)c3)s2)cc1. The van der Waals surface area contributed by atoms with E-state index in [0.29, 0.717) is 11.7 Å². The second-order valence-corrected chi connectivity index (χ2v) is 8.23. The van der Waals surface area contributed by atoms with Crippen LogP contribution in [0.5, 0.6) is 5.75 Å². The molecule has 0 spiro atoms. The maximum Gasteiger partial charge on any atom is 0.131 e. The number of ether oxygens (including phenoxy) is 1. The van der Waals surface area contributed by atoms with E-state index < -0.39 is 0 Å². The summed E-state index contributed by atoms with van der Waals surface area (Å²) in [7, 11) is 0. The van der Waals surface area contributed by atoms with Gasteiger partial charge in [-0.25, -0.2) is 9.97 Å². The molecule has 0 saturated carbocycles. The molecule has 0 aliphatic heterocycles. The molecule has 29 heavy (non-hydrogen) atoms. The summed E-state index contributed by atoms with van der Waals surface area (Å²) in [4.78, 5) is 10.0. The van der Waals surface area contributed by atoms with Gasteiger partial charge in [0.2, 0.25) is 0 Å². The van der Waals surface area contributed by atoms with Gasteiger partial charge in [-0.3, -0.25) is 5.10 Å². The minimum Gasteiger partial charge on any atom is -0.491 e. The van der Waals surface area contributed by atoms with Gasteiger partial charge in [-0.05, 0) is 50.2 Å². The molecular formula is C21H20ClN5OS. The summed E-state index contributed by atoms with van der Waals surface area (Å²) in [6.45, 7) is 4.68. The molecule has 3 aromatic heterocycles. The van der Waals surface area contributed by atoms with E-state index in [0.717, 1.165) is 38.1 Å². The van der Waals surface area contributed by atoms with Gasteiger partial charge in [-0.2, -0.15) is 5.10 Å². The van der Waals surface area contributed by atoms with E-state index in [2.05, 4.69) is 25.5 Å². The van der Waals surface area contributed by atoms with Crippen LogP contribution < -0.4 is 10.1 Å². The molecule has 0 fully saturated rings. The van der Waals surface area contributed by atoms with Crippen LogP contribution in [0.4, 0.5) is 5.69 Å². The van der Waals surface area contributed by atoms with Crippen LogP contribution in [0.3, 0.4) is 0 Å². The number of H-pyrrole nitrogens is 1. The van der Waals surface area contributed by atoms with E-state index in [1.54, 1.807) is 29.8 Å². The minimum absolute atomic E-state index is 0.161. The molecule has 8 heteroatoms. The third kappa shape index (κ3) is 4.93. The van der Waals surface area contributed by atoms with E-state index in [1.807, 2.05) is 50.4 Å². The van der Waals surface area contributed by atoms with Crippen molar-refractivity contribution in [1.82, 2.24) is 20.2 Å². The molecular weight excluding hydrogens is 406 g/mol. The Bertz CT molecular complexity index is 1080. The molecule has 1 aromatic carbocycles. The zero-order chi connectivity index (χ0) is 20.2. The number of rotatable bonds is 7. The molecule has 0 atom stereocenters. The first-order chi connectivity index (χ1) is 14.1. The molecule has 2 N–H and O–H groups in total. The molecule has 0 amide bonds. The van der Waals surface area contributed by atoms with Crippen LogP contribution in [-0.2, 0) is 6.54 Å². The number of hydrogen-bond acceptors (Lipinski definition) is 6. The average Bonchev–Trinajstić information content (AvgIpc) is 3.38. The molecule has 0 unspecified atom stereocenters. The lowest BCUT2D eigenvalue weighted by Crippen LogP contribution is -2.05. The van der Waals surface area contributed by atoms with Gasteiger partial charge in [0.25, 0.3) is 0 Å². The van der Waals surface area contributed by atoms with Crippen molar-refractivity contribution >= 4 is 28.6 Å². The molecule has 0 aliphatic rings. The van der Waals surface area contributed by atoms with Crippen molar-refractivity contribution < 1.29 is 4.74 Å². The Balaban J connectivity index is 1.43. The first-order valence-corrected chi connectivity index (χ1v) is 10.4. The standard InChI is InChI=1S/C21H20ClN5OS/c1-13(2)28-17-5-3-14(4-6-17)21-24-12-18(29-21)11-23-16-7-19(27-20(22)8-16)15-9-25-26-10-15/h3-10,12-13H,11H2,1-2H3,(H,23,27)(H,25,26). The van der Waals surface area contributed by atoms with Crippen LogP contribution >= 0.6 is 22.9 Å². The monoisotopic (exact) mass is 425 g/mol. The van der Waals surface area contributed by atoms with Gasteiger partial charge >= 0.3 is 0 Å². The predicted octanol–water partition coefficient (Wildman–Crippen LogP) is 5.65. The Labute approximate surface area is 178 Å². The zero-order valence-electron chi connectivity index (χ0n) is 16.0. The fourth-order valence-electron chi connectivity index (χ4n) is 2.80. The first kappa shape index (κ1) is 19.4. The highest BCUT2D eigenvalue weighted by molar-refractivity contribution is 7.15. The molecule has 4 aromatic rings. The van der Waals surface area contributed by atoms with E-state index in [-0.39, 0.29) is 6.10 Å². The lowest BCUT2D eigenvalue weighted by atomic mass is 10.2. The number of nitrogens with zero attached hydrogens (tertiary/aromatic N) is 3. The van der Waals surface area contributed by atoms with Crippen LogP contribution in [0.1, 0.15) is 18.7 Å². The Hall–Kier alpha value is -2.90. The predicted molar refractivity (Wildman–Crippen MR) is 117 cm³/mol. The summed E-state index contributed by atoms with van der Waals surface area (Å²) in [5, 5.41) is 11.5. The molecule has 0 bridgehead atoms. The van der Waals surface area contributed by atoms with E-state index in [9.17, 15) is 0 Å². The molecule has 0 aliphatic carbocycles. The smallest absolute Gasteiger partial charge is 0.131 e. The molecule has 4 rings (SSSR count). The third-order valence-corrected chi connectivity index (χ3v) is 5.32. The van der Waals surface area contributed by atoms with Crippen molar-refractivity contribution in [3.05, 3.63) is 65.0 Å². The average molecular weight is 426 g/mol. The van der Waals surface area contributed by atoms with E-state index in [1.165, 1.54) is 0 Å². The van der Waals surface area contributed by atoms with Crippen LogP contribution in [0, 0.1) is 0 Å². The lowest BCUT2D eigenvalue weighted by Gasteiger charge is -2.09. The van der Waals surface area contributed by atoms with Crippen LogP contribution in [0.2, 0.25) is 5.15 Å². The summed E-state index contributed by atoms with van der Waals surface area (Å²) >= 11 is 7.83. The van der Waals surface area contributed by atoms with Crippen LogP contribution in [-0.4, -0.2) is 26.3 Å². The van der Waals surface area contributed by atoms with Gasteiger partial charge in [0.05, 0.1) is 24.5 Å². The van der Waals surface area contributed by atoms with Gasteiger partial charge in [0.1, 0.15) is 15.9 Å². The highest BCUT2D eigenvalue weighted by atomic mass is 35.5. The number of hydrogen-bond donors (Lipinski definition) is 2. The zero-order valence-corrected chi connectivity index (χ0v) is 17.6.